The zero-order chi connectivity index (χ0) is 15.5. The van der Waals surface area contributed by atoms with Gasteiger partial charge in [0.15, 0.2) is 0 Å². The number of nitrogens with one attached hydrogen (secondary N) is 1. The van der Waals surface area contributed by atoms with E-state index in [4.69, 9.17) is 0 Å². The van der Waals surface area contributed by atoms with Gasteiger partial charge >= 0.3 is 6.03 Å². The summed E-state index contributed by atoms with van der Waals surface area (Å²) in [6.07, 6.45) is 11.1. The van der Waals surface area contributed by atoms with Crippen LogP contribution in [0.2, 0.25) is 0 Å². The summed E-state index contributed by atoms with van der Waals surface area (Å²) in [6.45, 7) is 5.82. The van der Waals surface area contributed by atoms with Crippen molar-refractivity contribution in [2.24, 2.45) is 5.92 Å². The van der Waals surface area contributed by atoms with Gasteiger partial charge in [0.2, 0.25) is 0 Å². The molecule has 2 aliphatic rings. The van der Waals surface area contributed by atoms with Crippen LogP contribution in [0.5, 0.6) is 0 Å². The van der Waals surface area contributed by atoms with Crippen LogP contribution in [-0.2, 0) is 6.54 Å². The van der Waals surface area contributed by atoms with Gasteiger partial charge in [0.05, 0.1) is 6.20 Å². The summed E-state index contributed by atoms with van der Waals surface area (Å²) in [5, 5.41) is 7.38. The van der Waals surface area contributed by atoms with E-state index in [1.807, 2.05) is 24.0 Å². The third-order valence-corrected chi connectivity index (χ3v) is 5.18. The lowest BCUT2D eigenvalue weighted by Crippen LogP contribution is -2.48. The summed E-state index contributed by atoms with van der Waals surface area (Å²) < 4.78 is 1.94. The maximum absolute atomic E-state index is 12.5. The molecule has 1 aliphatic carbocycles. The second-order valence-corrected chi connectivity index (χ2v) is 6.97. The Hall–Kier alpha value is -1.52. The Bertz CT molecular complexity index is 513. The number of fused-ring (bicyclic) bond motifs is 1. The Balaban J connectivity index is 1.45. The van der Waals surface area contributed by atoms with Crippen LogP contribution in [0.4, 0.5) is 4.79 Å². The molecule has 2 fully saturated rings. The molecule has 122 valence electrons. The standard InChI is InChI=1S/C17H28N4O/c1-13-11-19-20(12-13)9-5-8-18-17(22)21-14(2)10-15-6-3-4-7-16(15)21/h11-12,14-16H,3-10H2,1-2H3,(H,18,22)/t14-,15-,16+/m1/s1. The van der Waals surface area contributed by atoms with Crippen molar-refractivity contribution in [3.05, 3.63) is 18.0 Å². The normalized spacial score (nSPS) is 27.7. The number of urea groups is 1. The number of aryl methyl sites for hydroxylation is 2. The molecule has 3 rings (SSSR count). The third-order valence-electron chi connectivity index (χ3n) is 5.18. The van der Waals surface area contributed by atoms with Crippen LogP contribution in [0.25, 0.3) is 0 Å². The maximum Gasteiger partial charge on any atom is 0.317 e. The smallest absolute Gasteiger partial charge is 0.317 e. The quantitative estimate of drug-likeness (QED) is 0.870. The van der Waals surface area contributed by atoms with Gasteiger partial charge in [0.25, 0.3) is 0 Å². The third kappa shape index (κ3) is 3.28. The average Bonchev–Trinajstić information content (AvgIpc) is 3.05. The minimum absolute atomic E-state index is 0.138. The molecule has 0 aromatic carbocycles. The molecule has 5 nitrogen and oxygen atoms in total. The lowest BCUT2D eigenvalue weighted by Gasteiger charge is -2.33. The summed E-state index contributed by atoms with van der Waals surface area (Å²) >= 11 is 0. The number of carbonyl (C=O) groups excluding carboxylic acids is 1. The highest BCUT2D eigenvalue weighted by Crippen LogP contribution is 2.39. The molecule has 1 saturated heterocycles. The molecular formula is C17H28N4O. The molecule has 1 saturated carbocycles. The number of nitrogens with zero attached hydrogens (tertiary/aromatic N) is 3. The molecule has 1 aromatic heterocycles. The fourth-order valence-corrected chi connectivity index (χ4v) is 4.18. The van der Waals surface area contributed by atoms with Crippen LogP contribution in [0.15, 0.2) is 12.4 Å². The summed E-state index contributed by atoms with van der Waals surface area (Å²) in [5.41, 5.74) is 1.18. The largest absolute Gasteiger partial charge is 0.338 e. The first-order valence-corrected chi connectivity index (χ1v) is 8.70. The summed E-state index contributed by atoms with van der Waals surface area (Å²) in [4.78, 5) is 14.6. The van der Waals surface area contributed by atoms with Gasteiger partial charge in [-0.25, -0.2) is 4.79 Å². The first-order valence-electron chi connectivity index (χ1n) is 8.70. The number of hydrogen-bond acceptors (Lipinski definition) is 2. The zero-order valence-electron chi connectivity index (χ0n) is 13.8. The van der Waals surface area contributed by atoms with Crippen molar-refractivity contribution in [2.75, 3.05) is 6.54 Å². The van der Waals surface area contributed by atoms with Gasteiger partial charge in [-0.2, -0.15) is 5.10 Å². The average molecular weight is 304 g/mol. The Kier molecular flexibility index (Phi) is 4.69. The highest BCUT2D eigenvalue weighted by atomic mass is 16.2. The molecule has 1 N–H and O–H groups in total. The molecule has 5 heteroatoms. The minimum atomic E-state index is 0.138. The Morgan fingerprint density at radius 3 is 3.00 bits per heavy atom. The van der Waals surface area contributed by atoms with E-state index < -0.39 is 0 Å². The SMILES string of the molecule is Cc1cnn(CCCNC(=O)N2[C@H](C)C[C@H]3CCCC[C@@H]32)c1. The lowest BCUT2D eigenvalue weighted by molar-refractivity contribution is 0.156. The molecule has 2 heterocycles. The van der Waals surface area contributed by atoms with Crippen molar-refractivity contribution < 1.29 is 4.79 Å². The highest BCUT2D eigenvalue weighted by molar-refractivity contribution is 5.75. The number of aromatic nitrogens is 2. The Labute approximate surface area is 133 Å². The molecule has 0 spiro atoms. The predicted octanol–water partition coefficient (Wildman–Crippen LogP) is 2.94. The Morgan fingerprint density at radius 1 is 1.41 bits per heavy atom. The van der Waals surface area contributed by atoms with E-state index in [9.17, 15) is 4.79 Å². The molecule has 0 unspecified atom stereocenters. The van der Waals surface area contributed by atoms with Crippen molar-refractivity contribution in [1.82, 2.24) is 20.0 Å². The number of likely N-dealkylation sites (tertiary alicyclic amines) is 1. The van der Waals surface area contributed by atoms with E-state index >= 15 is 0 Å². The van der Waals surface area contributed by atoms with Crippen molar-refractivity contribution in [3.63, 3.8) is 0 Å². The number of amides is 2. The highest BCUT2D eigenvalue weighted by Gasteiger charge is 2.42. The van der Waals surface area contributed by atoms with Crippen molar-refractivity contribution in [1.29, 1.82) is 0 Å². The topological polar surface area (TPSA) is 50.2 Å². The predicted molar refractivity (Wildman–Crippen MR) is 86.6 cm³/mol. The van der Waals surface area contributed by atoms with Crippen LogP contribution in [-0.4, -0.2) is 39.3 Å². The molecule has 0 radical (unpaired) electrons. The van der Waals surface area contributed by atoms with Gasteiger partial charge in [-0.15, -0.1) is 0 Å². The number of rotatable bonds is 4. The summed E-state index contributed by atoms with van der Waals surface area (Å²) in [7, 11) is 0. The van der Waals surface area contributed by atoms with Crippen molar-refractivity contribution in [3.8, 4) is 0 Å². The fraction of sp³-hybridized carbons (Fsp3) is 0.765. The van der Waals surface area contributed by atoms with Gasteiger partial charge < -0.3 is 10.2 Å². The van der Waals surface area contributed by atoms with Gasteiger partial charge in [-0.1, -0.05) is 12.8 Å². The molecule has 22 heavy (non-hydrogen) atoms. The summed E-state index contributed by atoms with van der Waals surface area (Å²) in [6, 6.07) is 1.01. The van der Waals surface area contributed by atoms with Crippen LogP contribution in [0.3, 0.4) is 0 Å². The maximum atomic E-state index is 12.5. The molecular weight excluding hydrogens is 276 g/mol. The molecule has 0 bridgehead atoms. The first kappa shape index (κ1) is 15.4. The van der Waals surface area contributed by atoms with Crippen LogP contribution in [0.1, 0.15) is 51.0 Å². The van der Waals surface area contributed by atoms with E-state index in [2.05, 4.69) is 22.2 Å². The molecule has 2 amide bonds. The second-order valence-electron chi connectivity index (χ2n) is 6.97. The van der Waals surface area contributed by atoms with Gasteiger partial charge in [0.1, 0.15) is 0 Å². The van der Waals surface area contributed by atoms with Gasteiger partial charge in [0, 0.05) is 31.4 Å². The van der Waals surface area contributed by atoms with E-state index in [-0.39, 0.29) is 6.03 Å². The van der Waals surface area contributed by atoms with Gasteiger partial charge in [-0.3, -0.25) is 4.68 Å². The van der Waals surface area contributed by atoms with Crippen LogP contribution in [0, 0.1) is 12.8 Å². The summed E-state index contributed by atoms with van der Waals surface area (Å²) in [5.74, 6) is 0.738. The van der Waals surface area contributed by atoms with E-state index in [0.29, 0.717) is 12.1 Å². The van der Waals surface area contributed by atoms with Gasteiger partial charge in [-0.05, 0) is 51.0 Å². The second kappa shape index (κ2) is 6.71. The Morgan fingerprint density at radius 2 is 2.23 bits per heavy atom. The van der Waals surface area contributed by atoms with E-state index in [1.165, 1.54) is 37.7 Å². The lowest BCUT2D eigenvalue weighted by atomic mass is 9.85. The number of carbonyl (C=O) groups is 1. The molecule has 1 aliphatic heterocycles. The molecule has 1 aromatic rings. The van der Waals surface area contributed by atoms with Crippen molar-refractivity contribution >= 4 is 6.03 Å². The molecule has 3 atom stereocenters. The fourth-order valence-electron chi connectivity index (χ4n) is 4.18. The number of hydrogen-bond donors (Lipinski definition) is 1. The van der Waals surface area contributed by atoms with Crippen molar-refractivity contribution in [2.45, 2.75) is 71.0 Å². The van der Waals surface area contributed by atoms with Crippen LogP contribution < -0.4 is 5.32 Å². The van der Waals surface area contributed by atoms with E-state index in [0.717, 1.165) is 25.4 Å². The zero-order valence-corrected chi connectivity index (χ0v) is 13.8. The monoisotopic (exact) mass is 304 g/mol. The minimum Gasteiger partial charge on any atom is -0.338 e. The van der Waals surface area contributed by atoms with Crippen LogP contribution >= 0.6 is 0 Å². The van der Waals surface area contributed by atoms with E-state index in [1.54, 1.807) is 0 Å². The first-order chi connectivity index (χ1) is 10.6.